The molecule has 1 aromatic carbocycles. The second-order valence-corrected chi connectivity index (χ2v) is 14.0. The van der Waals surface area contributed by atoms with Crippen LogP contribution in [0.4, 0.5) is 0 Å². The number of halogens is 2. The predicted octanol–water partition coefficient (Wildman–Crippen LogP) is 4.25. The second-order valence-electron chi connectivity index (χ2n) is 12.2. The first-order chi connectivity index (χ1) is 22.3. The second kappa shape index (κ2) is 14.4. The van der Waals surface area contributed by atoms with Gasteiger partial charge in [0.05, 0.1) is 42.7 Å². The molecule has 0 radical (unpaired) electrons. The molecular formula is C33H39Cl2N5O5S. The molecule has 1 unspecified atom stereocenters. The Bertz CT molecular complexity index is 1510. The largest absolute Gasteiger partial charge is 0.466 e. The first-order valence-electron chi connectivity index (χ1n) is 15.7. The number of methoxy groups -OCH3 is 2. The quantitative estimate of drug-likeness (QED) is 0.388. The highest BCUT2D eigenvalue weighted by atomic mass is 35.5. The van der Waals surface area contributed by atoms with Gasteiger partial charge in [-0.15, -0.1) is 11.3 Å². The highest BCUT2D eigenvalue weighted by Gasteiger charge is 2.43. The molecule has 4 saturated heterocycles. The number of nitrogens with one attached hydrogen (secondary N) is 1. The van der Waals surface area contributed by atoms with Gasteiger partial charge in [0.1, 0.15) is 0 Å². The van der Waals surface area contributed by atoms with E-state index in [0.29, 0.717) is 48.9 Å². The number of piperazine rings is 1. The lowest BCUT2D eigenvalue weighted by molar-refractivity contribution is -0.137. The number of hydrogen-bond acceptors (Lipinski definition) is 10. The summed E-state index contributed by atoms with van der Waals surface area (Å²) in [6.07, 6.45) is 5.05. The molecule has 2 atom stereocenters. The molecule has 5 aliphatic heterocycles. The van der Waals surface area contributed by atoms with Crippen LogP contribution in [0.5, 0.6) is 0 Å². The number of benzene rings is 1. The van der Waals surface area contributed by atoms with E-state index in [2.05, 4.69) is 20.1 Å². The number of nitrogens with zero attached hydrogens (tertiary/aromatic N) is 4. The number of thiazole rings is 1. The van der Waals surface area contributed by atoms with Gasteiger partial charge in [0.15, 0.2) is 0 Å². The van der Waals surface area contributed by atoms with E-state index in [1.807, 2.05) is 10.3 Å². The molecule has 2 aromatic rings. The summed E-state index contributed by atoms with van der Waals surface area (Å²) >= 11 is 15.0. The fourth-order valence-electron chi connectivity index (χ4n) is 7.45. The Kier molecular flexibility index (Phi) is 10.3. The van der Waals surface area contributed by atoms with E-state index >= 15 is 0 Å². The van der Waals surface area contributed by atoms with Gasteiger partial charge < -0.3 is 24.6 Å². The zero-order chi connectivity index (χ0) is 32.4. The number of piperidine rings is 3. The van der Waals surface area contributed by atoms with Crippen LogP contribution in [-0.4, -0.2) is 104 Å². The van der Waals surface area contributed by atoms with Gasteiger partial charge in [-0.1, -0.05) is 29.3 Å². The monoisotopic (exact) mass is 687 g/mol. The summed E-state index contributed by atoms with van der Waals surface area (Å²) in [5, 5.41) is 6.64. The van der Waals surface area contributed by atoms with Gasteiger partial charge in [-0.2, -0.15) is 0 Å². The average Bonchev–Trinajstić information content (AvgIpc) is 3.61. The van der Waals surface area contributed by atoms with Gasteiger partial charge in [-0.25, -0.2) is 14.6 Å². The van der Waals surface area contributed by atoms with Gasteiger partial charge >= 0.3 is 11.9 Å². The molecule has 2 bridgehead atoms. The number of hydrogen-bond donors (Lipinski definition) is 1. The minimum atomic E-state index is -1.02. The maximum Gasteiger partial charge on any atom is 0.336 e. The number of ether oxygens (including phenoxy) is 2. The molecule has 5 aliphatic rings. The number of aromatic nitrogens is 1. The van der Waals surface area contributed by atoms with E-state index in [9.17, 15) is 14.4 Å². The minimum absolute atomic E-state index is 0.0853. The Morgan fingerprint density at radius 2 is 1.59 bits per heavy atom. The van der Waals surface area contributed by atoms with Crippen LogP contribution in [0.2, 0.25) is 10.0 Å². The van der Waals surface area contributed by atoms with Crippen molar-refractivity contribution < 1.29 is 23.9 Å². The van der Waals surface area contributed by atoms with Gasteiger partial charge in [0.25, 0.3) is 0 Å². The Labute approximate surface area is 283 Å². The molecule has 0 spiro atoms. The van der Waals surface area contributed by atoms with Gasteiger partial charge in [-0.05, 0) is 50.4 Å². The van der Waals surface area contributed by atoms with Crippen LogP contribution in [0.3, 0.4) is 0 Å². The van der Waals surface area contributed by atoms with E-state index in [4.69, 9.17) is 32.7 Å². The first kappa shape index (κ1) is 33.0. The number of carbonyl (C=O) groups is 3. The van der Waals surface area contributed by atoms with Crippen molar-refractivity contribution in [3.63, 3.8) is 0 Å². The minimum Gasteiger partial charge on any atom is -0.466 e. The Balaban J connectivity index is 1.31. The number of esters is 2. The number of rotatable bonds is 9. The van der Waals surface area contributed by atoms with Gasteiger partial charge in [-0.3, -0.25) is 9.69 Å². The molecule has 1 N–H and O–H groups in total. The first-order valence-corrected chi connectivity index (χ1v) is 17.4. The Morgan fingerprint density at radius 3 is 2.15 bits per heavy atom. The highest BCUT2D eigenvalue weighted by molar-refractivity contribution is 7.09. The highest BCUT2D eigenvalue weighted by Crippen LogP contribution is 2.46. The lowest BCUT2D eigenvalue weighted by Gasteiger charge is -2.51. The molecular weight excluding hydrogens is 649 g/mol. The molecule has 10 nitrogen and oxygen atoms in total. The summed E-state index contributed by atoms with van der Waals surface area (Å²) in [5.74, 6) is -1.73. The third-order valence-electron chi connectivity index (χ3n) is 9.79. The molecule has 0 aliphatic carbocycles. The Hall–Kier alpha value is -2.96. The molecule has 1 amide bonds. The van der Waals surface area contributed by atoms with Crippen molar-refractivity contribution in [3.8, 4) is 0 Å². The van der Waals surface area contributed by atoms with Gasteiger partial charge in [0.2, 0.25) is 5.91 Å². The van der Waals surface area contributed by atoms with Crippen LogP contribution < -0.4 is 5.32 Å². The number of allylic oxidation sites excluding steroid dienone is 1. The lowest BCUT2D eigenvalue weighted by atomic mass is 9.78. The maximum atomic E-state index is 13.9. The number of aryl methyl sites for hydroxylation is 1. The molecule has 13 heteroatoms. The van der Waals surface area contributed by atoms with E-state index in [0.717, 1.165) is 30.6 Å². The van der Waals surface area contributed by atoms with E-state index in [-0.39, 0.29) is 33.5 Å². The zero-order valence-corrected chi connectivity index (χ0v) is 28.4. The van der Waals surface area contributed by atoms with Crippen molar-refractivity contribution in [2.24, 2.45) is 5.92 Å². The van der Waals surface area contributed by atoms with E-state index in [1.54, 1.807) is 24.4 Å². The average molecular weight is 689 g/mol. The summed E-state index contributed by atoms with van der Waals surface area (Å²) in [5.41, 5.74) is 1.55. The van der Waals surface area contributed by atoms with E-state index < -0.39 is 17.9 Å². The third kappa shape index (κ3) is 6.71. The molecule has 6 heterocycles. The molecule has 46 heavy (non-hydrogen) atoms. The van der Waals surface area contributed by atoms with Crippen molar-refractivity contribution >= 4 is 52.4 Å². The maximum absolute atomic E-state index is 13.9. The summed E-state index contributed by atoms with van der Waals surface area (Å²) in [6, 6.07) is 5.56. The molecule has 7 rings (SSSR count). The predicted molar refractivity (Wildman–Crippen MR) is 177 cm³/mol. The lowest BCUT2D eigenvalue weighted by Crippen LogP contribution is -2.61. The third-order valence-corrected chi connectivity index (χ3v) is 11.3. The number of dihydropyridines is 1. The normalized spacial score (nSPS) is 25.0. The van der Waals surface area contributed by atoms with Crippen LogP contribution in [0.1, 0.15) is 42.2 Å². The molecule has 4 fully saturated rings. The number of fused-ring (bicyclic) bond motifs is 3. The smallest absolute Gasteiger partial charge is 0.336 e. The van der Waals surface area contributed by atoms with Crippen LogP contribution in [0, 0.1) is 5.92 Å². The number of amides is 1. The van der Waals surface area contributed by atoms with Crippen molar-refractivity contribution in [3.05, 3.63) is 72.9 Å². The van der Waals surface area contributed by atoms with Crippen LogP contribution in [0.25, 0.3) is 0 Å². The summed E-state index contributed by atoms with van der Waals surface area (Å²) < 4.78 is 10.5. The summed E-state index contributed by atoms with van der Waals surface area (Å²) in [7, 11) is 2.56. The van der Waals surface area contributed by atoms with Crippen molar-refractivity contribution in [2.75, 3.05) is 60.0 Å². The van der Waals surface area contributed by atoms with Crippen molar-refractivity contribution in [1.82, 2.24) is 25.0 Å². The summed E-state index contributed by atoms with van der Waals surface area (Å²) in [6.45, 7) is 6.38. The topological polar surface area (TPSA) is 104 Å². The van der Waals surface area contributed by atoms with Crippen molar-refractivity contribution in [1.29, 1.82) is 0 Å². The van der Waals surface area contributed by atoms with Crippen molar-refractivity contribution in [2.45, 2.75) is 44.1 Å². The fraction of sp³-hybridized carbons (Fsp3) is 0.515. The standard InChI is InChI=1S/C33H39Cl2N5O5S/c1-44-32(42)29-23(6-7-26-36-10-17-46-26)37-24(30(33(43)45-2)31(29)28-21(34)4-3-5-22(28)35)18-27(41)40-15-13-39(14-16-40)25-19-38-11-8-20(25)9-12-38/h3-5,10,17,20,25,31,37H,6-9,11-16,18-19H2,1-2H3/t25-,31?/m0/s1. The van der Waals surface area contributed by atoms with Crippen LogP contribution >= 0.6 is 34.5 Å². The van der Waals surface area contributed by atoms with Crippen LogP contribution in [-0.2, 0) is 30.3 Å². The molecule has 246 valence electrons. The van der Waals surface area contributed by atoms with E-state index in [1.165, 1.54) is 51.5 Å². The SMILES string of the molecule is COC(=O)C1=C(CCc2nccs2)NC(CC(=O)N2CCN([C@H]3CN4CCC3CC4)CC2)=C(C(=O)OC)C1c1c(Cl)cccc1Cl. The zero-order valence-electron chi connectivity index (χ0n) is 26.1. The fourth-order valence-corrected chi connectivity index (χ4v) is 8.68. The van der Waals surface area contributed by atoms with Crippen LogP contribution in [0.15, 0.2) is 52.3 Å². The van der Waals surface area contributed by atoms with Gasteiger partial charge in [0, 0.05) is 83.8 Å². The number of carbonyl (C=O) groups excluding carboxylic acids is 3. The molecule has 1 aromatic heterocycles. The summed E-state index contributed by atoms with van der Waals surface area (Å²) in [4.78, 5) is 52.4. The Morgan fingerprint density at radius 1 is 0.935 bits per heavy atom. The molecule has 0 saturated carbocycles.